The van der Waals surface area contributed by atoms with Gasteiger partial charge in [-0.1, -0.05) is 60.7 Å². The van der Waals surface area contributed by atoms with E-state index >= 15 is 0 Å². The van der Waals surface area contributed by atoms with Crippen molar-refractivity contribution in [3.63, 3.8) is 0 Å². The Morgan fingerprint density at radius 2 is 1.36 bits per heavy atom. The van der Waals surface area contributed by atoms with Crippen molar-refractivity contribution in [3.8, 4) is 0 Å². The first-order valence-electron chi connectivity index (χ1n) is 8.20. The first-order valence-corrected chi connectivity index (χ1v) is 8.20. The van der Waals surface area contributed by atoms with Crippen LogP contribution < -0.4 is 0 Å². The van der Waals surface area contributed by atoms with Gasteiger partial charge in [0.15, 0.2) is 0 Å². The minimum Gasteiger partial charge on any atom is -0.396 e. The molecule has 0 heterocycles. The summed E-state index contributed by atoms with van der Waals surface area (Å²) < 4.78 is 0. The van der Waals surface area contributed by atoms with Crippen molar-refractivity contribution in [1.29, 1.82) is 0 Å². The smallest absolute Gasteiger partial charge is 0.0431 e. The van der Waals surface area contributed by atoms with Crippen molar-refractivity contribution in [2.45, 2.75) is 25.2 Å². The van der Waals surface area contributed by atoms with Gasteiger partial charge in [0.1, 0.15) is 0 Å². The topological polar surface area (TPSA) is 23.5 Å². The minimum atomic E-state index is 0.296. The predicted octanol–water partition coefficient (Wildman–Crippen LogP) is 3.91. The molecule has 0 saturated heterocycles. The van der Waals surface area contributed by atoms with Crippen LogP contribution in [0.2, 0.25) is 0 Å². The molecule has 0 aliphatic rings. The van der Waals surface area contributed by atoms with Gasteiger partial charge >= 0.3 is 0 Å². The SMILES string of the molecule is CN(CCCCO)CCC(c1ccccc1)c1ccccc1. The van der Waals surface area contributed by atoms with E-state index in [4.69, 9.17) is 5.11 Å². The van der Waals surface area contributed by atoms with E-state index in [-0.39, 0.29) is 0 Å². The number of hydrogen-bond acceptors (Lipinski definition) is 2. The van der Waals surface area contributed by atoms with Gasteiger partial charge in [-0.3, -0.25) is 0 Å². The van der Waals surface area contributed by atoms with Crippen LogP contribution in [0.3, 0.4) is 0 Å². The monoisotopic (exact) mass is 297 g/mol. The largest absolute Gasteiger partial charge is 0.396 e. The summed E-state index contributed by atoms with van der Waals surface area (Å²) in [6, 6.07) is 21.5. The second-order valence-electron chi connectivity index (χ2n) is 5.90. The maximum Gasteiger partial charge on any atom is 0.0431 e. The van der Waals surface area contributed by atoms with Crippen LogP contribution in [-0.2, 0) is 0 Å². The summed E-state index contributed by atoms with van der Waals surface area (Å²) in [5, 5.41) is 8.88. The van der Waals surface area contributed by atoms with E-state index in [0.717, 1.165) is 32.4 Å². The Morgan fingerprint density at radius 1 is 0.818 bits per heavy atom. The van der Waals surface area contributed by atoms with Crippen molar-refractivity contribution >= 4 is 0 Å². The molecule has 0 aromatic heterocycles. The minimum absolute atomic E-state index is 0.296. The van der Waals surface area contributed by atoms with Crippen LogP contribution in [0.1, 0.15) is 36.3 Å². The highest BCUT2D eigenvalue weighted by Crippen LogP contribution is 2.27. The number of benzene rings is 2. The summed E-state index contributed by atoms with van der Waals surface area (Å²) in [5.74, 6) is 0.447. The molecule has 0 fully saturated rings. The number of aliphatic hydroxyl groups excluding tert-OH is 1. The standard InChI is InChI=1S/C20H27NO/c1-21(15-8-9-17-22)16-14-20(18-10-4-2-5-11-18)19-12-6-3-7-13-19/h2-7,10-13,20,22H,8-9,14-17H2,1H3. The fourth-order valence-corrected chi connectivity index (χ4v) is 2.85. The van der Waals surface area contributed by atoms with Gasteiger partial charge in [0, 0.05) is 12.5 Å². The van der Waals surface area contributed by atoms with E-state index in [0.29, 0.717) is 12.5 Å². The molecule has 0 bridgehead atoms. The molecular weight excluding hydrogens is 270 g/mol. The zero-order valence-corrected chi connectivity index (χ0v) is 13.5. The highest BCUT2D eigenvalue weighted by Gasteiger charge is 2.14. The molecule has 2 nitrogen and oxygen atoms in total. The first-order chi connectivity index (χ1) is 10.8. The third-order valence-electron chi connectivity index (χ3n) is 4.15. The molecule has 0 aliphatic heterocycles. The summed E-state index contributed by atoms with van der Waals surface area (Å²) in [5.41, 5.74) is 2.77. The fourth-order valence-electron chi connectivity index (χ4n) is 2.85. The Hall–Kier alpha value is -1.64. The van der Waals surface area contributed by atoms with Crippen LogP contribution in [0.25, 0.3) is 0 Å². The molecule has 118 valence electrons. The lowest BCUT2D eigenvalue weighted by Gasteiger charge is -2.22. The molecular formula is C20H27NO. The van der Waals surface area contributed by atoms with Crippen LogP contribution in [0, 0.1) is 0 Å². The van der Waals surface area contributed by atoms with E-state index in [2.05, 4.69) is 72.6 Å². The number of hydrogen-bond donors (Lipinski definition) is 1. The van der Waals surface area contributed by atoms with Crippen molar-refractivity contribution < 1.29 is 5.11 Å². The highest BCUT2D eigenvalue weighted by molar-refractivity contribution is 5.32. The Balaban J connectivity index is 2.00. The average molecular weight is 297 g/mol. The molecule has 0 amide bonds. The van der Waals surface area contributed by atoms with Crippen LogP contribution in [0.5, 0.6) is 0 Å². The second-order valence-corrected chi connectivity index (χ2v) is 5.90. The van der Waals surface area contributed by atoms with E-state index in [9.17, 15) is 0 Å². The molecule has 1 N–H and O–H groups in total. The Kier molecular flexibility index (Phi) is 7.14. The molecule has 0 saturated carbocycles. The van der Waals surface area contributed by atoms with Crippen LogP contribution >= 0.6 is 0 Å². The first kappa shape index (κ1) is 16.7. The Morgan fingerprint density at radius 3 is 1.86 bits per heavy atom. The molecule has 0 unspecified atom stereocenters. The lowest BCUT2D eigenvalue weighted by atomic mass is 9.88. The van der Waals surface area contributed by atoms with Crippen LogP contribution in [0.15, 0.2) is 60.7 Å². The van der Waals surface area contributed by atoms with Gasteiger partial charge in [0.05, 0.1) is 0 Å². The van der Waals surface area contributed by atoms with Crippen LogP contribution in [0.4, 0.5) is 0 Å². The van der Waals surface area contributed by atoms with E-state index < -0.39 is 0 Å². The molecule has 0 spiro atoms. The van der Waals surface area contributed by atoms with Crippen molar-refractivity contribution in [3.05, 3.63) is 71.8 Å². The maximum atomic E-state index is 8.88. The highest BCUT2D eigenvalue weighted by atomic mass is 16.2. The Bertz CT molecular complexity index is 472. The normalized spacial score (nSPS) is 11.3. The van der Waals surface area contributed by atoms with Crippen molar-refractivity contribution in [1.82, 2.24) is 4.90 Å². The third-order valence-corrected chi connectivity index (χ3v) is 4.15. The van der Waals surface area contributed by atoms with Gasteiger partial charge < -0.3 is 10.0 Å². The van der Waals surface area contributed by atoms with Gasteiger partial charge in [0.2, 0.25) is 0 Å². The van der Waals surface area contributed by atoms with Crippen LogP contribution in [-0.4, -0.2) is 36.8 Å². The molecule has 0 atom stereocenters. The van der Waals surface area contributed by atoms with Gasteiger partial charge in [-0.25, -0.2) is 0 Å². The summed E-state index contributed by atoms with van der Waals surface area (Å²) in [4.78, 5) is 2.37. The fraction of sp³-hybridized carbons (Fsp3) is 0.400. The average Bonchev–Trinajstić information content (AvgIpc) is 2.57. The van der Waals surface area contributed by atoms with E-state index in [1.54, 1.807) is 0 Å². The summed E-state index contributed by atoms with van der Waals surface area (Å²) in [6.45, 7) is 2.42. The third kappa shape index (κ3) is 5.28. The lowest BCUT2D eigenvalue weighted by Crippen LogP contribution is -2.23. The van der Waals surface area contributed by atoms with E-state index in [1.165, 1.54) is 11.1 Å². The van der Waals surface area contributed by atoms with Crippen molar-refractivity contribution in [2.75, 3.05) is 26.7 Å². The predicted molar refractivity (Wildman–Crippen MR) is 93.2 cm³/mol. The van der Waals surface area contributed by atoms with Gasteiger partial charge in [-0.05, 0) is 50.5 Å². The van der Waals surface area contributed by atoms with Gasteiger partial charge in [0.25, 0.3) is 0 Å². The molecule has 0 aliphatic carbocycles. The maximum absolute atomic E-state index is 8.88. The van der Waals surface area contributed by atoms with E-state index in [1.807, 2.05) is 0 Å². The molecule has 2 aromatic carbocycles. The number of aliphatic hydroxyl groups is 1. The second kappa shape index (κ2) is 9.39. The molecule has 2 rings (SSSR count). The quantitative estimate of drug-likeness (QED) is 0.709. The molecule has 0 radical (unpaired) electrons. The molecule has 22 heavy (non-hydrogen) atoms. The molecule has 2 heteroatoms. The number of nitrogens with zero attached hydrogens (tertiary/aromatic N) is 1. The lowest BCUT2D eigenvalue weighted by molar-refractivity contribution is 0.261. The van der Waals surface area contributed by atoms with Gasteiger partial charge in [-0.2, -0.15) is 0 Å². The number of rotatable bonds is 9. The number of unbranched alkanes of at least 4 members (excludes halogenated alkanes) is 1. The summed E-state index contributed by atoms with van der Waals surface area (Å²) in [7, 11) is 2.17. The molecule has 2 aromatic rings. The Labute approximate surface area is 134 Å². The van der Waals surface area contributed by atoms with Crippen molar-refractivity contribution in [2.24, 2.45) is 0 Å². The summed E-state index contributed by atoms with van der Waals surface area (Å²) >= 11 is 0. The van der Waals surface area contributed by atoms with Gasteiger partial charge in [-0.15, -0.1) is 0 Å². The zero-order chi connectivity index (χ0) is 15.6. The zero-order valence-electron chi connectivity index (χ0n) is 13.5. The summed E-state index contributed by atoms with van der Waals surface area (Å²) in [6.07, 6.45) is 3.07.